The number of hydrogen-bond acceptors (Lipinski definition) is 7. The second-order valence-electron chi connectivity index (χ2n) is 5.69. The zero-order valence-electron chi connectivity index (χ0n) is 13.7. The maximum absolute atomic E-state index is 12.0. The summed E-state index contributed by atoms with van der Waals surface area (Å²) in [4.78, 5) is 16.2. The average Bonchev–Trinajstić information content (AvgIpc) is 3.25. The van der Waals surface area contributed by atoms with Gasteiger partial charge in [-0.2, -0.15) is 4.98 Å². The van der Waals surface area contributed by atoms with Crippen LogP contribution in [0.1, 0.15) is 25.7 Å². The summed E-state index contributed by atoms with van der Waals surface area (Å²) >= 11 is 0. The minimum Gasteiger partial charge on any atom is -0.425 e. The van der Waals surface area contributed by atoms with Gasteiger partial charge in [0.05, 0.1) is 12.7 Å². The second-order valence-corrected chi connectivity index (χ2v) is 5.69. The quantitative estimate of drug-likeness (QED) is 0.593. The van der Waals surface area contributed by atoms with Gasteiger partial charge >= 0.3 is 5.97 Å². The standard InChI is InChI=1S/C17H20N2O5/c1-11(22-10-15-4-3-9-21-15)17(20)23-14-7-5-13(6-8-14)16-18-12(2)24-19-16/h5-8,11,15H,3-4,9-10H2,1-2H3/t11-,15-/m1/s1. The molecule has 128 valence electrons. The van der Waals surface area contributed by atoms with Crippen LogP contribution in [0.4, 0.5) is 0 Å². The zero-order chi connectivity index (χ0) is 16.9. The van der Waals surface area contributed by atoms with Gasteiger partial charge in [-0.25, -0.2) is 4.79 Å². The highest BCUT2D eigenvalue weighted by atomic mass is 16.6. The number of carbonyl (C=O) groups excluding carboxylic acids is 1. The van der Waals surface area contributed by atoms with E-state index in [-0.39, 0.29) is 6.10 Å². The molecule has 0 aliphatic carbocycles. The molecule has 2 atom stereocenters. The van der Waals surface area contributed by atoms with Gasteiger partial charge in [-0.05, 0) is 44.0 Å². The Morgan fingerprint density at radius 1 is 1.38 bits per heavy atom. The Bertz CT molecular complexity index is 677. The minimum absolute atomic E-state index is 0.0814. The lowest BCUT2D eigenvalue weighted by molar-refractivity contribution is -0.148. The number of ether oxygens (including phenoxy) is 3. The number of hydrogen-bond donors (Lipinski definition) is 0. The first kappa shape index (κ1) is 16.6. The molecule has 1 fully saturated rings. The molecule has 0 spiro atoms. The molecule has 0 N–H and O–H groups in total. The van der Waals surface area contributed by atoms with Crippen molar-refractivity contribution >= 4 is 5.97 Å². The SMILES string of the molecule is Cc1nc(-c2ccc(OC(=O)[C@@H](C)OC[C@H]3CCCO3)cc2)no1. The van der Waals surface area contributed by atoms with Crippen molar-refractivity contribution in [3.8, 4) is 17.1 Å². The van der Waals surface area contributed by atoms with Crippen LogP contribution in [0.15, 0.2) is 28.8 Å². The van der Waals surface area contributed by atoms with Gasteiger partial charge in [-0.3, -0.25) is 0 Å². The van der Waals surface area contributed by atoms with Crippen molar-refractivity contribution in [3.63, 3.8) is 0 Å². The molecular formula is C17H20N2O5. The van der Waals surface area contributed by atoms with Crippen molar-refractivity contribution in [1.29, 1.82) is 0 Å². The van der Waals surface area contributed by atoms with Crippen LogP contribution in [0, 0.1) is 6.92 Å². The fraction of sp³-hybridized carbons (Fsp3) is 0.471. The molecule has 1 aromatic heterocycles. The van der Waals surface area contributed by atoms with Crippen molar-refractivity contribution in [2.45, 2.75) is 38.9 Å². The highest BCUT2D eigenvalue weighted by molar-refractivity contribution is 5.77. The summed E-state index contributed by atoms with van der Waals surface area (Å²) in [6.45, 7) is 4.57. The van der Waals surface area contributed by atoms with Crippen molar-refractivity contribution in [2.24, 2.45) is 0 Å². The predicted molar refractivity (Wildman–Crippen MR) is 84.5 cm³/mol. The molecule has 0 unspecified atom stereocenters. The summed E-state index contributed by atoms with van der Waals surface area (Å²) < 4.78 is 21.2. The van der Waals surface area contributed by atoms with Crippen molar-refractivity contribution in [3.05, 3.63) is 30.2 Å². The van der Waals surface area contributed by atoms with Gasteiger partial charge in [-0.15, -0.1) is 0 Å². The summed E-state index contributed by atoms with van der Waals surface area (Å²) in [5.74, 6) is 1.00. The Labute approximate surface area is 139 Å². The first-order valence-corrected chi connectivity index (χ1v) is 7.97. The number of esters is 1. The summed E-state index contributed by atoms with van der Waals surface area (Å²) in [6.07, 6.45) is 1.45. The molecule has 0 saturated carbocycles. The lowest BCUT2D eigenvalue weighted by atomic mass is 10.2. The summed E-state index contributed by atoms with van der Waals surface area (Å²) in [5.41, 5.74) is 0.786. The number of aromatic nitrogens is 2. The van der Waals surface area contributed by atoms with Gasteiger partial charge in [-0.1, -0.05) is 5.16 Å². The molecule has 0 radical (unpaired) electrons. The van der Waals surface area contributed by atoms with Crippen LogP contribution in [-0.4, -0.2) is 41.5 Å². The van der Waals surface area contributed by atoms with Crippen LogP contribution in [-0.2, 0) is 14.3 Å². The number of benzene rings is 1. The van der Waals surface area contributed by atoms with Crippen LogP contribution in [0.2, 0.25) is 0 Å². The monoisotopic (exact) mass is 332 g/mol. The Kier molecular flexibility index (Phi) is 5.22. The number of carbonyl (C=O) groups is 1. The van der Waals surface area contributed by atoms with E-state index in [1.165, 1.54) is 0 Å². The molecule has 2 aromatic rings. The van der Waals surface area contributed by atoms with Crippen LogP contribution in [0.3, 0.4) is 0 Å². The molecule has 2 heterocycles. The van der Waals surface area contributed by atoms with E-state index in [2.05, 4.69) is 10.1 Å². The van der Waals surface area contributed by atoms with Crippen molar-refractivity contribution in [2.75, 3.05) is 13.2 Å². The number of rotatable bonds is 6. The number of nitrogens with zero attached hydrogens (tertiary/aromatic N) is 2. The van der Waals surface area contributed by atoms with E-state index < -0.39 is 12.1 Å². The Balaban J connectivity index is 1.52. The fourth-order valence-electron chi connectivity index (χ4n) is 2.38. The van der Waals surface area contributed by atoms with E-state index in [1.54, 1.807) is 38.1 Å². The van der Waals surface area contributed by atoms with E-state index in [4.69, 9.17) is 18.7 Å². The summed E-state index contributed by atoms with van der Waals surface area (Å²) in [5, 5.41) is 3.84. The predicted octanol–water partition coefficient (Wildman–Crippen LogP) is 2.53. The molecule has 24 heavy (non-hydrogen) atoms. The zero-order valence-corrected chi connectivity index (χ0v) is 13.7. The third-order valence-electron chi connectivity index (χ3n) is 3.75. The van der Waals surface area contributed by atoms with Gasteiger partial charge in [0.2, 0.25) is 11.7 Å². The van der Waals surface area contributed by atoms with E-state index in [0.29, 0.717) is 24.1 Å². The Hall–Kier alpha value is -2.25. The summed E-state index contributed by atoms with van der Waals surface area (Å²) in [7, 11) is 0. The molecule has 3 rings (SSSR count). The molecule has 0 amide bonds. The molecule has 7 nitrogen and oxygen atoms in total. The van der Waals surface area contributed by atoms with Crippen molar-refractivity contribution in [1.82, 2.24) is 10.1 Å². The Morgan fingerprint density at radius 3 is 2.79 bits per heavy atom. The fourth-order valence-corrected chi connectivity index (χ4v) is 2.38. The Morgan fingerprint density at radius 2 is 2.17 bits per heavy atom. The maximum Gasteiger partial charge on any atom is 0.340 e. The molecule has 0 bridgehead atoms. The second kappa shape index (κ2) is 7.55. The normalized spacial score (nSPS) is 18.5. The number of aryl methyl sites for hydroxylation is 1. The van der Waals surface area contributed by atoms with Crippen LogP contribution >= 0.6 is 0 Å². The van der Waals surface area contributed by atoms with E-state index in [0.717, 1.165) is 25.0 Å². The molecule has 1 saturated heterocycles. The third kappa shape index (κ3) is 4.18. The molecule has 1 aliphatic heterocycles. The smallest absolute Gasteiger partial charge is 0.340 e. The molecular weight excluding hydrogens is 312 g/mol. The van der Waals surface area contributed by atoms with Crippen molar-refractivity contribution < 1.29 is 23.5 Å². The van der Waals surface area contributed by atoms with E-state index in [9.17, 15) is 4.79 Å². The van der Waals surface area contributed by atoms with E-state index >= 15 is 0 Å². The average molecular weight is 332 g/mol. The topological polar surface area (TPSA) is 83.7 Å². The van der Waals surface area contributed by atoms with Crippen LogP contribution in [0.25, 0.3) is 11.4 Å². The third-order valence-corrected chi connectivity index (χ3v) is 3.75. The molecule has 1 aromatic carbocycles. The summed E-state index contributed by atoms with van der Waals surface area (Å²) in [6, 6.07) is 6.91. The van der Waals surface area contributed by atoms with E-state index in [1.807, 2.05) is 0 Å². The largest absolute Gasteiger partial charge is 0.425 e. The lowest BCUT2D eigenvalue weighted by Gasteiger charge is -2.15. The van der Waals surface area contributed by atoms with Crippen LogP contribution < -0.4 is 4.74 Å². The van der Waals surface area contributed by atoms with Gasteiger partial charge in [0.1, 0.15) is 5.75 Å². The van der Waals surface area contributed by atoms with Crippen LogP contribution in [0.5, 0.6) is 5.75 Å². The lowest BCUT2D eigenvalue weighted by Crippen LogP contribution is -2.29. The molecule has 1 aliphatic rings. The maximum atomic E-state index is 12.0. The molecule has 7 heteroatoms. The van der Waals surface area contributed by atoms with Gasteiger partial charge in [0.25, 0.3) is 0 Å². The van der Waals surface area contributed by atoms with Gasteiger partial charge in [0, 0.05) is 19.1 Å². The highest BCUT2D eigenvalue weighted by Gasteiger charge is 2.21. The first-order chi connectivity index (χ1) is 11.6. The first-order valence-electron chi connectivity index (χ1n) is 7.97. The van der Waals surface area contributed by atoms with Gasteiger partial charge in [0.15, 0.2) is 6.10 Å². The van der Waals surface area contributed by atoms with Gasteiger partial charge < -0.3 is 18.7 Å². The minimum atomic E-state index is -0.645. The highest BCUT2D eigenvalue weighted by Crippen LogP contribution is 2.20.